The second kappa shape index (κ2) is 5.41. The smallest absolute Gasteiger partial charge is 0.0842 e. The van der Waals surface area contributed by atoms with Gasteiger partial charge in [0, 0.05) is 6.42 Å². The van der Waals surface area contributed by atoms with E-state index < -0.39 is 0 Å². The van der Waals surface area contributed by atoms with Crippen LogP contribution in [0.4, 0.5) is 0 Å². The Hall–Kier alpha value is -0.860. The lowest BCUT2D eigenvalue weighted by Crippen LogP contribution is -2.28. The highest BCUT2D eigenvalue weighted by atomic mass is 16.5. The molecule has 1 aromatic rings. The first-order chi connectivity index (χ1) is 8.47. The van der Waals surface area contributed by atoms with Gasteiger partial charge in [0.2, 0.25) is 0 Å². The molecular formula is C16H24O2. The molecule has 1 aliphatic rings. The lowest BCUT2D eigenvalue weighted by atomic mass is 9.93. The number of aliphatic hydroxyl groups is 1. The maximum absolute atomic E-state index is 10.3. The van der Waals surface area contributed by atoms with Crippen molar-refractivity contribution in [3.63, 3.8) is 0 Å². The summed E-state index contributed by atoms with van der Waals surface area (Å²) in [5, 5.41) is 10.3. The summed E-state index contributed by atoms with van der Waals surface area (Å²) < 4.78 is 5.75. The van der Waals surface area contributed by atoms with Crippen LogP contribution in [0.15, 0.2) is 12.1 Å². The largest absolute Gasteiger partial charge is 0.390 e. The maximum Gasteiger partial charge on any atom is 0.0842 e. The van der Waals surface area contributed by atoms with E-state index in [1.165, 1.54) is 22.3 Å². The predicted molar refractivity (Wildman–Crippen MR) is 73.9 cm³/mol. The van der Waals surface area contributed by atoms with Crippen LogP contribution >= 0.6 is 0 Å². The SMILES string of the molecule is Cc1cc(C)c(CC(O)C2CCC(C)O2)c(C)c1. The molecule has 2 nitrogen and oxygen atoms in total. The van der Waals surface area contributed by atoms with Gasteiger partial charge in [-0.3, -0.25) is 0 Å². The molecule has 3 unspecified atom stereocenters. The molecule has 1 aromatic carbocycles. The third-order valence-electron chi connectivity index (χ3n) is 3.95. The fourth-order valence-corrected chi connectivity index (χ4v) is 2.99. The molecular weight excluding hydrogens is 224 g/mol. The maximum atomic E-state index is 10.3. The number of aryl methyl sites for hydroxylation is 3. The Bertz CT molecular complexity index is 402. The summed E-state index contributed by atoms with van der Waals surface area (Å²) in [6.07, 6.45) is 2.68. The normalized spacial score (nSPS) is 25.4. The third-order valence-corrected chi connectivity index (χ3v) is 3.95. The molecule has 0 saturated carbocycles. The highest BCUT2D eigenvalue weighted by Gasteiger charge is 2.28. The van der Waals surface area contributed by atoms with Gasteiger partial charge in [-0.1, -0.05) is 17.7 Å². The topological polar surface area (TPSA) is 29.5 Å². The Kier molecular flexibility index (Phi) is 4.08. The van der Waals surface area contributed by atoms with E-state index >= 15 is 0 Å². The zero-order valence-electron chi connectivity index (χ0n) is 11.9. The molecule has 0 bridgehead atoms. The summed E-state index contributed by atoms with van der Waals surface area (Å²) in [5.74, 6) is 0. The number of ether oxygens (including phenoxy) is 1. The van der Waals surface area contributed by atoms with Crippen LogP contribution in [0.3, 0.4) is 0 Å². The van der Waals surface area contributed by atoms with Crippen molar-refractivity contribution in [2.75, 3.05) is 0 Å². The molecule has 100 valence electrons. The van der Waals surface area contributed by atoms with E-state index in [-0.39, 0.29) is 12.2 Å². The van der Waals surface area contributed by atoms with Gasteiger partial charge in [0.15, 0.2) is 0 Å². The van der Waals surface area contributed by atoms with E-state index in [9.17, 15) is 5.11 Å². The third kappa shape index (κ3) is 2.93. The van der Waals surface area contributed by atoms with Gasteiger partial charge < -0.3 is 9.84 Å². The first-order valence-corrected chi connectivity index (χ1v) is 6.87. The minimum atomic E-state index is -0.380. The van der Waals surface area contributed by atoms with E-state index in [2.05, 4.69) is 39.8 Å². The number of benzene rings is 1. The quantitative estimate of drug-likeness (QED) is 0.890. The summed E-state index contributed by atoms with van der Waals surface area (Å²) in [6, 6.07) is 4.38. The van der Waals surface area contributed by atoms with Crippen molar-refractivity contribution in [3.05, 3.63) is 34.4 Å². The summed E-state index contributed by atoms with van der Waals surface area (Å²) in [5.41, 5.74) is 5.11. The van der Waals surface area contributed by atoms with Gasteiger partial charge in [-0.2, -0.15) is 0 Å². The van der Waals surface area contributed by atoms with Gasteiger partial charge in [-0.05, 0) is 57.2 Å². The molecule has 1 heterocycles. The fraction of sp³-hybridized carbons (Fsp3) is 0.625. The molecule has 1 fully saturated rings. The van der Waals surface area contributed by atoms with Crippen molar-refractivity contribution < 1.29 is 9.84 Å². The number of aliphatic hydroxyl groups excluding tert-OH is 1. The van der Waals surface area contributed by atoms with Crippen molar-refractivity contribution in [1.29, 1.82) is 0 Å². The molecule has 0 aliphatic carbocycles. The second-order valence-electron chi connectivity index (χ2n) is 5.71. The van der Waals surface area contributed by atoms with Crippen LogP contribution < -0.4 is 0 Å². The summed E-state index contributed by atoms with van der Waals surface area (Å²) in [7, 11) is 0. The first kappa shape index (κ1) is 13.6. The van der Waals surface area contributed by atoms with E-state index in [4.69, 9.17) is 4.74 Å². The molecule has 0 radical (unpaired) electrons. The summed E-state index contributed by atoms with van der Waals surface area (Å²) in [4.78, 5) is 0. The van der Waals surface area contributed by atoms with Crippen molar-refractivity contribution >= 4 is 0 Å². The molecule has 0 spiro atoms. The molecule has 1 N–H and O–H groups in total. The molecule has 0 amide bonds. The number of rotatable bonds is 3. The number of hydrogen-bond donors (Lipinski definition) is 1. The van der Waals surface area contributed by atoms with Crippen molar-refractivity contribution in [2.24, 2.45) is 0 Å². The Morgan fingerprint density at radius 1 is 1.22 bits per heavy atom. The summed E-state index contributed by atoms with van der Waals surface area (Å²) >= 11 is 0. The average Bonchev–Trinajstić information content (AvgIpc) is 2.70. The Morgan fingerprint density at radius 3 is 2.33 bits per heavy atom. The lowest BCUT2D eigenvalue weighted by Gasteiger charge is -2.21. The molecule has 2 heteroatoms. The van der Waals surface area contributed by atoms with Crippen LogP contribution in [0.5, 0.6) is 0 Å². The lowest BCUT2D eigenvalue weighted by molar-refractivity contribution is -0.0279. The molecule has 1 aliphatic heterocycles. The Labute approximate surface area is 110 Å². The minimum Gasteiger partial charge on any atom is -0.390 e. The number of hydrogen-bond acceptors (Lipinski definition) is 2. The molecule has 18 heavy (non-hydrogen) atoms. The average molecular weight is 248 g/mol. The summed E-state index contributed by atoms with van der Waals surface area (Å²) in [6.45, 7) is 8.44. The monoisotopic (exact) mass is 248 g/mol. The predicted octanol–water partition coefficient (Wildman–Crippen LogP) is 3.08. The van der Waals surface area contributed by atoms with Crippen molar-refractivity contribution in [2.45, 2.75) is 65.3 Å². The van der Waals surface area contributed by atoms with E-state index in [0.29, 0.717) is 12.5 Å². The van der Waals surface area contributed by atoms with Gasteiger partial charge in [0.1, 0.15) is 0 Å². The first-order valence-electron chi connectivity index (χ1n) is 6.87. The highest BCUT2D eigenvalue weighted by Crippen LogP contribution is 2.25. The highest BCUT2D eigenvalue weighted by molar-refractivity contribution is 5.38. The van der Waals surface area contributed by atoms with Crippen molar-refractivity contribution in [1.82, 2.24) is 0 Å². The van der Waals surface area contributed by atoms with Gasteiger partial charge >= 0.3 is 0 Å². The van der Waals surface area contributed by atoms with E-state index in [1.807, 2.05) is 0 Å². The van der Waals surface area contributed by atoms with Gasteiger partial charge in [0.05, 0.1) is 18.3 Å². The van der Waals surface area contributed by atoms with Crippen molar-refractivity contribution in [3.8, 4) is 0 Å². The molecule has 2 rings (SSSR count). The zero-order chi connectivity index (χ0) is 13.3. The van der Waals surface area contributed by atoms with Crippen LogP contribution in [-0.2, 0) is 11.2 Å². The molecule has 1 saturated heterocycles. The Morgan fingerprint density at radius 2 is 1.83 bits per heavy atom. The van der Waals surface area contributed by atoms with Crippen LogP contribution in [0.25, 0.3) is 0 Å². The van der Waals surface area contributed by atoms with Crippen LogP contribution in [0.2, 0.25) is 0 Å². The van der Waals surface area contributed by atoms with Gasteiger partial charge in [0.25, 0.3) is 0 Å². The molecule has 3 atom stereocenters. The van der Waals surface area contributed by atoms with E-state index in [0.717, 1.165) is 12.8 Å². The fourth-order valence-electron chi connectivity index (χ4n) is 2.99. The minimum absolute atomic E-state index is 0.0140. The second-order valence-corrected chi connectivity index (χ2v) is 5.71. The van der Waals surface area contributed by atoms with Crippen LogP contribution in [-0.4, -0.2) is 23.4 Å². The zero-order valence-corrected chi connectivity index (χ0v) is 11.9. The van der Waals surface area contributed by atoms with Gasteiger partial charge in [-0.25, -0.2) is 0 Å². The Balaban J connectivity index is 2.09. The van der Waals surface area contributed by atoms with Crippen LogP contribution in [0, 0.1) is 20.8 Å². The molecule has 0 aromatic heterocycles. The van der Waals surface area contributed by atoms with Crippen LogP contribution in [0.1, 0.15) is 42.0 Å². The van der Waals surface area contributed by atoms with E-state index in [1.54, 1.807) is 0 Å². The van der Waals surface area contributed by atoms with Gasteiger partial charge in [-0.15, -0.1) is 0 Å². The standard InChI is InChI=1S/C16H24O2/c1-10-7-11(2)14(12(3)8-10)9-15(17)16-6-5-13(4)18-16/h7-8,13,15-17H,5-6,9H2,1-4H3.